The van der Waals surface area contributed by atoms with Crippen molar-refractivity contribution in [1.29, 1.82) is 0 Å². The van der Waals surface area contributed by atoms with Gasteiger partial charge in [0.05, 0.1) is 0 Å². The number of hydrogen-bond acceptors (Lipinski definition) is 3. The fourth-order valence-corrected chi connectivity index (χ4v) is 1.68. The predicted octanol–water partition coefficient (Wildman–Crippen LogP) is 0.0150. The molecule has 0 spiro atoms. The average molecular weight is 213 g/mol. The van der Waals surface area contributed by atoms with Crippen LogP contribution in [0.3, 0.4) is 0 Å². The number of carbonyl (C=O) groups excluding carboxylic acids is 2. The summed E-state index contributed by atoms with van der Waals surface area (Å²) < 4.78 is 0. The molecule has 15 heavy (non-hydrogen) atoms. The van der Waals surface area contributed by atoms with Crippen LogP contribution in [0.2, 0.25) is 0 Å². The summed E-state index contributed by atoms with van der Waals surface area (Å²) in [4.78, 5) is 24.3. The van der Waals surface area contributed by atoms with Crippen molar-refractivity contribution in [2.45, 2.75) is 33.1 Å². The summed E-state index contributed by atoms with van der Waals surface area (Å²) in [5, 5.41) is 0. The van der Waals surface area contributed by atoms with E-state index in [-0.39, 0.29) is 23.8 Å². The van der Waals surface area contributed by atoms with Gasteiger partial charge in [0.15, 0.2) is 0 Å². The summed E-state index contributed by atoms with van der Waals surface area (Å²) in [7, 11) is 0. The molecule has 3 N–H and O–H groups in total. The van der Waals surface area contributed by atoms with Crippen LogP contribution in [-0.2, 0) is 9.59 Å². The Hall–Kier alpha value is -1.10. The molecule has 5 nitrogen and oxygen atoms in total. The fraction of sp³-hybridized carbons (Fsp3) is 0.800. The number of nitrogens with one attached hydrogen (secondary N) is 1. The summed E-state index contributed by atoms with van der Waals surface area (Å²) in [5.41, 5.74) is 2.23. The van der Waals surface area contributed by atoms with Crippen molar-refractivity contribution < 1.29 is 9.59 Å². The Balaban J connectivity index is 2.58. The highest BCUT2D eigenvalue weighted by Gasteiger charge is 2.27. The minimum atomic E-state index is -0.317. The van der Waals surface area contributed by atoms with Gasteiger partial charge in [-0.05, 0) is 18.3 Å². The Bertz CT molecular complexity index is 263. The fourth-order valence-electron chi connectivity index (χ4n) is 1.68. The van der Waals surface area contributed by atoms with Crippen molar-refractivity contribution in [2.24, 2.45) is 11.3 Å². The van der Waals surface area contributed by atoms with Crippen LogP contribution in [0.4, 0.5) is 0 Å². The number of hydrogen-bond donors (Lipinski definition) is 2. The lowest BCUT2D eigenvalue weighted by Gasteiger charge is -2.22. The molecular weight excluding hydrogens is 194 g/mol. The van der Waals surface area contributed by atoms with E-state index in [2.05, 4.69) is 13.8 Å². The molecule has 1 aliphatic rings. The molecule has 0 unspecified atom stereocenters. The van der Waals surface area contributed by atoms with Gasteiger partial charge >= 0.3 is 0 Å². The lowest BCUT2D eigenvalue weighted by atomic mass is 9.85. The summed E-state index contributed by atoms with van der Waals surface area (Å²) in [6.07, 6.45) is 2.33. The summed E-state index contributed by atoms with van der Waals surface area (Å²) in [5.74, 6) is 4.72. The van der Waals surface area contributed by atoms with E-state index in [0.29, 0.717) is 13.0 Å². The van der Waals surface area contributed by atoms with Crippen LogP contribution in [0.5, 0.6) is 0 Å². The number of hydrazine groups is 1. The first-order chi connectivity index (χ1) is 6.94. The van der Waals surface area contributed by atoms with E-state index in [0.717, 1.165) is 12.8 Å². The Morgan fingerprint density at radius 1 is 1.53 bits per heavy atom. The molecule has 1 heterocycles. The molecular formula is C10H19N3O2. The van der Waals surface area contributed by atoms with E-state index in [1.54, 1.807) is 4.90 Å². The van der Waals surface area contributed by atoms with Gasteiger partial charge in [0.1, 0.15) is 6.54 Å². The number of likely N-dealkylation sites (tertiary alicyclic amines) is 1. The lowest BCUT2D eigenvalue weighted by molar-refractivity contribution is -0.135. The number of rotatable bonds is 2. The van der Waals surface area contributed by atoms with Crippen molar-refractivity contribution in [1.82, 2.24) is 10.3 Å². The van der Waals surface area contributed by atoms with E-state index in [1.807, 2.05) is 5.43 Å². The third-order valence-corrected chi connectivity index (χ3v) is 2.92. The molecule has 0 aromatic carbocycles. The zero-order valence-electron chi connectivity index (χ0n) is 9.38. The third kappa shape index (κ3) is 3.51. The second-order valence-corrected chi connectivity index (χ2v) is 4.80. The van der Waals surface area contributed by atoms with Gasteiger partial charge in [-0.2, -0.15) is 0 Å². The lowest BCUT2D eigenvalue weighted by Crippen LogP contribution is -2.42. The van der Waals surface area contributed by atoms with E-state index >= 15 is 0 Å². The topological polar surface area (TPSA) is 75.4 Å². The average Bonchev–Trinajstić information content (AvgIpc) is 2.31. The number of carbonyl (C=O) groups is 2. The zero-order valence-corrected chi connectivity index (χ0v) is 9.38. The maximum atomic E-state index is 11.7. The number of amides is 2. The van der Waals surface area contributed by atoms with Gasteiger partial charge in [-0.15, -0.1) is 0 Å². The monoisotopic (exact) mass is 213 g/mol. The smallest absolute Gasteiger partial charge is 0.253 e. The second kappa shape index (κ2) is 4.61. The minimum Gasteiger partial charge on any atom is -0.333 e. The third-order valence-electron chi connectivity index (χ3n) is 2.92. The molecule has 0 saturated carbocycles. The Kier molecular flexibility index (Phi) is 3.68. The highest BCUT2D eigenvalue weighted by Crippen LogP contribution is 2.30. The molecule has 1 saturated heterocycles. The van der Waals surface area contributed by atoms with Crippen LogP contribution in [0.15, 0.2) is 0 Å². The van der Waals surface area contributed by atoms with Gasteiger partial charge in [-0.1, -0.05) is 13.8 Å². The van der Waals surface area contributed by atoms with Crippen LogP contribution in [-0.4, -0.2) is 29.8 Å². The van der Waals surface area contributed by atoms with Crippen LogP contribution in [0.1, 0.15) is 33.1 Å². The standard InChI is InChI=1S/C10H19N3O2/c1-10(2)4-3-9(15)13(6-5-10)7-8(14)12-11/h3-7,11H2,1-2H3,(H,12,14). The summed E-state index contributed by atoms with van der Waals surface area (Å²) in [6, 6.07) is 0. The van der Waals surface area contributed by atoms with Crippen LogP contribution in [0, 0.1) is 5.41 Å². The van der Waals surface area contributed by atoms with Gasteiger partial charge < -0.3 is 4.90 Å². The predicted molar refractivity (Wildman–Crippen MR) is 56.5 cm³/mol. The first-order valence-corrected chi connectivity index (χ1v) is 5.22. The minimum absolute atomic E-state index is 0.0455. The maximum Gasteiger partial charge on any atom is 0.253 e. The normalized spacial score (nSPS) is 21.0. The molecule has 0 bridgehead atoms. The number of nitrogens with two attached hydrogens (primary N) is 1. The Morgan fingerprint density at radius 3 is 2.80 bits per heavy atom. The first kappa shape index (κ1) is 12.0. The van der Waals surface area contributed by atoms with E-state index in [1.165, 1.54) is 0 Å². The Morgan fingerprint density at radius 2 is 2.20 bits per heavy atom. The second-order valence-electron chi connectivity index (χ2n) is 4.80. The highest BCUT2D eigenvalue weighted by molar-refractivity contribution is 5.84. The van der Waals surface area contributed by atoms with Crippen molar-refractivity contribution in [3.8, 4) is 0 Å². The van der Waals surface area contributed by atoms with E-state index < -0.39 is 0 Å². The zero-order chi connectivity index (χ0) is 11.5. The molecule has 0 aliphatic carbocycles. The van der Waals surface area contributed by atoms with Crippen LogP contribution in [0.25, 0.3) is 0 Å². The SMILES string of the molecule is CC1(C)CCC(=O)N(CC(=O)NN)CC1. The molecule has 1 fully saturated rings. The van der Waals surface area contributed by atoms with Crippen LogP contribution < -0.4 is 11.3 Å². The van der Waals surface area contributed by atoms with Gasteiger partial charge in [0.25, 0.3) is 5.91 Å². The van der Waals surface area contributed by atoms with Crippen molar-refractivity contribution in [2.75, 3.05) is 13.1 Å². The first-order valence-electron chi connectivity index (χ1n) is 5.22. The van der Waals surface area contributed by atoms with Gasteiger partial charge in [0, 0.05) is 13.0 Å². The maximum absolute atomic E-state index is 11.7. The van der Waals surface area contributed by atoms with Crippen molar-refractivity contribution in [3.63, 3.8) is 0 Å². The van der Waals surface area contributed by atoms with Crippen molar-refractivity contribution in [3.05, 3.63) is 0 Å². The van der Waals surface area contributed by atoms with Crippen molar-refractivity contribution >= 4 is 11.8 Å². The largest absolute Gasteiger partial charge is 0.333 e. The van der Waals surface area contributed by atoms with E-state index in [9.17, 15) is 9.59 Å². The summed E-state index contributed by atoms with van der Waals surface area (Å²) >= 11 is 0. The Labute approximate surface area is 90.0 Å². The highest BCUT2D eigenvalue weighted by atomic mass is 16.2. The molecule has 0 atom stereocenters. The van der Waals surface area contributed by atoms with E-state index in [4.69, 9.17) is 5.84 Å². The quantitative estimate of drug-likeness (QED) is 0.385. The van der Waals surface area contributed by atoms with Gasteiger partial charge in [-0.3, -0.25) is 15.0 Å². The molecule has 0 radical (unpaired) electrons. The molecule has 2 amide bonds. The molecule has 5 heteroatoms. The molecule has 86 valence electrons. The molecule has 1 rings (SSSR count). The van der Waals surface area contributed by atoms with Gasteiger partial charge in [-0.25, -0.2) is 5.84 Å². The number of nitrogens with zero attached hydrogens (tertiary/aromatic N) is 1. The molecule has 1 aliphatic heterocycles. The van der Waals surface area contributed by atoms with Crippen LogP contribution >= 0.6 is 0 Å². The summed E-state index contributed by atoms with van der Waals surface area (Å²) in [6.45, 7) is 5.00. The molecule has 0 aromatic heterocycles. The molecule has 0 aromatic rings. The van der Waals surface area contributed by atoms with Gasteiger partial charge in [0.2, 0.25) is 5.91 Å².